The lowest BCUT2D eigenvalue weighted by Gasteiger charge is -2.29. The second-order valence-electron chi connectivity index (χ2n) is 9.55. The van der Waals surface area contributed by atoms with Crippen LogP contribution >= 0.6 is 16.8 Å². The minimum atomic E-state index is -1.45. The van der Waals surface area contributed by atoms with Gasteiger partial charge >= 0.3 is 16.8 Å². The maximum Gasteiger partial charge on any atom is 0.326 e. The fraction of sp³-hybridized carbons (Fsp3) is 0. The highest BCUT2D eigenvalue weighted by Gasteiger charge is 2.33. The Kier molecular flexibility index (Phi) is 5.69. The van der Waals surface area contributed by atoms with Gasteiger partial charge in [0.15, 0.2) is 11.5 Å². The van der Waals surface area contributed by atoms with E-state index in [1.165, 1.54) is 0 Å². The molecule has 0 saturated carbocycles. The molecule has 0 aliphatic carbocycles. The molecule has 192 valence electrons. The first-order chi connectivity index (χ1) is 19.8. The number of hydrogen-bond donors (Lipinski definition) is 0. The van der Waals surface area contributed by atoms with Crippen LogP contribution in [0.4, 0.5) is 0 Å². The summed E-state index contributed by atoms with van der Waals surface area (Å²) >= 11 is 0. The lowest BCUT2D eigenvalue weighted by molar-refractivity contribution is 0.461. The first kappa shape index (κ1) is 23.5. The third kappa shape index (κ3) is 4.00. The van der Waals surface area contributed by atoms with Crippen LogP contribution in [0.3, 0.4) is 0 Å². The van der Waals surface area contributed by atoms with Crippen LogP contribution in [0.1, 0.15) is 0 Å². The summed E-state index contributed by atoms with van der Waals surface area (Å²) in [5.74, 6) is 2.89. The monoisotopic (exact) mass is 556 g/mol. The van der Waals surface area contributed by atoms with Crippen LogP contribution < -0.4 is 28.7 Å². The first-order valence-corrected chi connectivity index (χ1v) is 15.4. The molecule has 0 bridgehead atoms. The molecule has 6 aromatic carbocycles. The number of rotatable bonds is 4. The van der Waals surface area contributed by atoms with Gasteiger partial charge in [-0.1, -0.05) is 97.1 Å². The number of benzene rings is 6. The molecule has 2 aliphatic rings. The van der Waals surface area contributed by atoms with Crippen LogP contribution in [0, 0.1) is 0 Å². The molecule has 0 radical (unpaired) electrons. The molecule has 0 spiro atoms. The van der Waals surface area contributed by atoms with Gasteiger partial charge < -0.3 is 18.1 Å². The fourth-order valence-electron chi connectivity index (χ4n) is 5.19. The molecule has 0 aromatic heterocycles. The zero-order valence-electron chi connectivity index (χ0n) is 21.2. The van der Waals surface area contributed by atoms with E-state index >= 15 is 0 Å². The van der Waals surface area contributed by atoms with Crippen molar-refractivity contribution >= 4 is 38.1 Å². The van der Waals surface area contributed by atoms with E-state index in [2.05, 4.69) is 60.7 Å². The van der Waals surface area contributed by atoms with Gasteiger partial charge in [-0.2, -0.15) is 0 Å². The summed E-state index contributed by atoms with van der Waals surface area (Å²) in [5.41, 5.74) is 4.41. The molecule has 0 fully saturated rings. The standard InChI is InChI=1S/C34H22O4P2/c1-2-12-24-22-32(38-40-34-20-10-6-16-28(34)26-14-4-8-18-30(26)36-40)31(21-23(24)11-1)37-39-33-19-9-5-15-27(33)25-13-3-7-17-29(25)35-39/h1-22H. The van der Waals surface area contributed by atoms with E-state index < -0.39 is 16.8 Å². The predicted octanol–water partition coefficient (Wildman–Crippen LogP) is 8.99. The van der Waals surface area contributed by atoms with Crippen molar-refractivity contribution in [2.45, 2.75) is 0 Å². The van der Waals surface area contributed by atoms with Crippen molar-refractivity contribution in [2.24, 2.45) is 0 Å². The maximum atomic E-state index is 6.75. The van der Waals surface area contributed by atoms with Gasteiger partial charge in [0.25, 0.3) is 0 Å². The van der Waals surface area contributed by atoms with Crippen LogP contribution in [-0.2, 0) is 0 Å². The molecule has 4 nitrogen and oxygen atoms in total. The van der Waals surface area contributed by atoms with Crippen LogP contribution in [0.25, 0.3) is 33.0 Å². The zero-order valence-corrected chi connectivity index (χ0v) is 23.0. The van der Waals surface area contributed by atoms with E-state index in [1.807, 2.05) is 72.8 Å². The number of hydrogen-bond acceptors (Lipinski definition) is 4. The van der Waals surface area contributed by atoms with Gasteiger partial charge in [-0.15, -0.1) is 0 Å². The molecule has 0 N–H and O–H groups in total. The van der Waals surface area contributed by atoms with Crippen molar-refractivity contribution in [2.75, 3.05) is 0 Å². The van der Waals surface area contributed by atoms with Crippen molar-refractivity contribution < 1.29 is 18.1 Å². The lowest BCUT2D eigenvalue weighted by Crippen LogP contribution is -2.18. The Morgan fingerprint density at radius 1 is 0.400 bits per heavy atom. The van der Waals surface area contributed by atoms with Crippen LogP contribution in [-0.4, -0.2) is 0 Å². The Hall–Kier alpha value is -4.36. The average molecular weight is 556 g/mol. The molecule has 2 unspecified atom stereocenters. The Morgan fingerprint density at radius 2 is 0.775 bits per heavy atom. The van der Waals surface area contributed by atoms with Gasteiger partial charge in [-0.3, -0.25) is 0 Å². The Morgan fingerprint density at radius 3 is 1.25 bits per heavy atom. The van der Waals surface area contributed by atoms with E-state index in [0.717, 1.165) is 55.1 Å². The molecule has 6 heteroatoms. The van der Waals surface area contributed by atoms with Crippen LogP contribution in [0.2, 0.25) is 0 Å². The molecule has 8 rings (SSSR count). The number of para-hydroxylation sites is 2. The van der Waals surface area contributed by atoms with Gasteiger partial charge in [0.05, 0.1) is 10.6 Å². The minimum absolute atomic E-state index is 0.626. The minimum Gasteiger partial charge on any atom is -0.435 e. The average Bonchev–Trinajstić information content (AvgIpc) is 3.01. The van der Waals surface area contributed by atoms with Gasteiger partial charge in [0.1, 0.15) is 11.5 Å². The summed E-state index contributed by atoms with van der Waals surface area (Å²) in [6, 6.07) is 45.1. The van der Waals surface area contributed by atoms with Crippen molar-refractivity contribution in [3.63, 3.8) is 0 Å². The van der Waals surface area contributed by atoms with E-state index in [0.29, 0.717) is 11.5 Å². The molecule has 2 atom stereocenters. The van der Waals surface area contributed by atoms with Crippen molar-refractivity contribution in [1.29, 1.82) is 0 Å². The van der Waals surface area contributed by atoms with E-state index in [-0.39, 0.29) is 0 Å². The molecular formula is C34H22O4P2. The van der Waals surface area contributed by atoms with Crippen LogP contribution in [0.5, 0.6) is 23.0 Å². The fourth-order valence-corrected chi connectivity index (χ4v) is 8.18. The Balaban J connectivity index is 1.21. The second-order valence-corrected chi connectivity index (χ2v) is 12.3. The van der Waals surface area contributed by atoms with E-state index in [4.69, 9.17) is 18.1 Å². The summed E-state index contributed by atoms with van der Waals surface area (Å²) in [4.78, 5) is 0. The maximum absolute atomic E-state index is 6.75. The molecule has 0 amide bonds. The van der Waals surface area contributed by atoms with Crippen molar-refractivity contribution in [3.8, 4) is 45.3 Å². The summed E-state index contributed by atoms with van der Waals surface area (Å²) in [5, 5.41) is 4.20. The Bertz CT molecular complexity index is 1770. The van der Waals surface area contributed by atoms with Crippen molar-refractivity contribution in [1.82, 2.24) is 0 Å². The van der Waals surface area contributed by atoms with Gasteiger partial charge in [0.2, 0.25) is 0 Å². The highest BCUT2D eigenvalue weighted by Crippen LogP contribution is 2.54. The third-order valence-corrected chi connectivity index (χ3v) is 10.1. The van der Waals surface area contributed by atoms with Gasteiger partial charge in [-0.05, 0) is 58.3 Å². The summed E-state index contributed by atoms with van der Waals surface area (Å²) in [7, 11) is -2.91. The van der Waals surface area contributed by atoms with Crippen molar-refractivity contribution in [3.05, 3.63) is 133 Å². The normalized spacial score (nSPS) is 16.4. The van der Waals surface area contributed by atoms with Gasteiger partial charge in [0, 0.05) is 11.1 Å². The SMILES string of the molecule is c1ccc2c(c1)OP(Oc1cc3ccccc3cc1OP1Oc3ccccc3-c3ccccc31)c1ccccc1-2. The second kappa shape index (κ2) is 9.68. The summed E-state index contributed by atoms with van der Waals surface area (Å²) in [6.07, 6.45) is 0. The quantitative estimate of drug-likeness (QED) is 0.203. The summed E-state index contributed by atoms with van der Waals surface area (Å²) in [6.45, 7) is 0. The number of fused-ring (bicyclic) bond motifs is 7. The van der Waals surface area contributed by atoms with Gasteiger partial charge in [-0.25, -0.2) is 0 Å². The molecule has 40 heavy (non-hydrogen) atoms. The molecular weight excluding hydrogens is 534 g/mol. The summed E-state index contributed by atoms with van der Waals surface area (Å²) < 4.78 is 26.5. The van der Waals surface area contributed by atoms with E-state index in [9.17, 15) is 0 Å². The first-order valence-electron chi connectivity index (χ1n) is 13.0. The molecule has 2 aliphatic heterocycles. The molecule has 6 aromatic rings. The highest BCUT2D eigenvalue weighted by molar-refractivity contribution is 7.57. The molecule has 2 heterocycles. The smallest absolute Gasteiger partial charge is 0.326 e. The highest BCUT2D eigenvalue weighted by atomic mass is 31.2. The predicted molar refractivity (Wildman–Crippen MR) is 163 cm³/mol. The topological polar surface area (TPSA) is 36.9 Å². The third-order valence-electron chi connectivity index (χ3n) is 7.09. The zero-order chi connectivity index (χ0) is 26.5. The lowest BCUT2D eigenvalue weighted by atomic mass is 10.0. The Labute approximate surface area is 234 Å². The molecule has 0 saturated heterocycles. The largest absolute Gasteiger partial charge is 0.435 e. The van der Waals surface area contributed by atoms with E-state index in [1.54, 1.807) is 0 Å². The van der Waals surface area contributed by atoms with Crippen LogP contribution in [0.15, 0.2) is 133 Å².